The van der Waals surface area contributed by atoms with Crippen molar-refractivity contribution in [3.8, 4) is 11.5 Å². The largest absolute Gasteiger partial charge is 0.493 e. The number of allylic oxidation sites excluding steroid dienone is 1. The number of morpholine rings is 1. The highest BCUT2D eigenvalue weighted by atomic mass is 16.5. The molecule has 2 aromatic carbocycles. The monoisotopic (exact) mass is 624 g/mol. The van der Waals surface area contributed by atoms with E-state index in [1.54, 1.807) is 25.4 Å². The smallest absolute Gasteiger partial charge is 0.221 e. The van der Waals surface area contributed by atoms with Gasteiger partial charge in [0.05, 0.1) is 50.4 Å². The topological polar surface area (TPSA) is 147 Å². The van der Waals surface area contributed by atoms with Crippen LogP contribution in [-0.4, -0.2) is 82.4 Å². The van der Waals surface area contributed by atoms with Crippen molar-refractivity contribution in [2.45, 2.75) is 25.4 Å². The molecular formula is C34H40N8O4. The molecule has 0 amide bonds. The van der Waals surface area contributed by atoms with Crippen LogP contribution in [0.2, 0.25) is 0 Å². The minimum Gasteiger partial charge on any atom is -0.493 e. The number of ether oxygens (including phenoxy) is 3. The van der Waals surface area contributed by atoms with Gasteiger partial charge < -0.3 is 30.6 Å². The van der Waals surface area contributed by atoms with Crippen LogP contribution in [0.4, 0.5) is 11.8 Å². The Bertz CT molecular complexity index is 1750. The lowest BCUT2D eigenvalue weighted by atomic mass is 9.90. The Kier molecular flexibility index (Phi) is 9.18. The molecule has 0 aliphatic carbocycles. The predicted octanol–water partition coefficient (Wildman–Crippen LogP) is 3.16. The average Bonchev–Trinajstić information content (AvgIpc) is 3.43. The molecule has 1 unspecified atom stereocenters. The summed E-state index contributed by atoms with van der Waals surface area (Å²) < 4.78 is 18.8. The lowest BCUT2D eigenvalue weighted by Gasteiger charge is -2.36. The Hall–Kier alpha value is -4.94. The van der Waals surface area contributed by atoms with Crippen LogP contribution in [0.1, 0.15) is 50.0 Å². The number of hydrogen-bond acceptors (Lipinski definition) is 11. The van der Waals surface area contributed by atoms with Gasteiger partial charge in [-0.15, -0.1) is 0 Å². The zero-order chi connectivity index (χ0) is 32.2. The third-order valence-electron chi connectivity index (χ3n) is 8.59. The van der Waals surface area contributed by atoms with Crippen molar-refractivity contribution in [2.24, 2.45) is 7.05 Å². The molecule has 4 heterocycles. The quantitative estimate of drug-likeness (QED) is 0.198. The van der Waals surface area contributed by atoms with Crippen LogP contribution in [0.25, 0.3) is 0 Å². The first kappa shape index (κ1) is 31.1. The molecule has 46 heavy (non-hydrogen) atoms. The number of nitrogens with two attached hydrogens (primary N) is 2. The van der Waals surface area contributed by atoms with Gasteiger partial charge in [-0.2, -0.15) is 10.1 Å². The maximum Gasteiger partial charge on any atom is 0.221 e. The number of nitrogens with zero attached hydrogens (tertiary/aromatic N) is 6. The van der Waals surface area contributed by atoms with Crippen LogP contribution in [-0.2, 0) is 31.2 Å². The van der Waals surface area contributed by atoms with Crippen molar-refractivity contribution in [2.75, 3.05) is 58.5 Å². The van der Waals surface area contributed by atoms with Gasteiger partial charge in [0.25, 0.3) is 0 Å². The number of aryl methyl sites for hydroxylation is 1. The minimum atomic E-state index is -0.214. The molecule has 0 spiro atoms. The molecule has 240 valence electrons. The van der Waals surface area contributed by atoms with Gasteiger partial charge in [-0.25, -0.2) is 4.98 Å². The highest BCUT2D eigenvalue weighted by molar-refractivity contribution is 6.07. The fourth-order valence-corrected chi connectivity index (χ4v) is 6.29. The van der Waals surface area contributed by atoms with E-state index in [1.807, 2.05) is 24.0 Å². The van der Waals surface area contributed by atoms with E-state index in [4.69, 9.17) is 30.8 Å². The second kappa shape index (κ2) is 13.6. The first-order valence-electron chi connectivity index (χ1n) is 15.3. The second-order valence-corrected chi connectivity index (χ2v) is 11.5. The Balaban J connectivity index is 1.31. The molecule has 1 fully saturated rings. The van der Waals surface area contributed by atoms with Crippen molar-refractivity contribution in [3.05, 3.63) is 100 Å². The fourth-order valence-electron chi connectivity index (χ4n) is 6.29. The van der Waals surface area contributed by atoms with E-state index >= 15 is 0 Å². The number of anilines is 2. The lowest BCUT2D eigenvalue weighted by Crippen LogP contribution is -2.35. The summed E-state index contributed by atoms with van der Waals surface area (Å²) in [5, 5.41) is 4.89. The van der Waals surface area contributed by atoms with Gasteiger partial charge in [0, 0.05) is 63.7 Å². The van der Waals surface area contributed by atoms with E-state index in [0.29, 0.717) is 29.0 Å². The SMILES string of the molecule is COc1cc(Cc2cnc(N)nc2N)cc(C(=O)C=CN2CCc3ccccc3C2c2cc(CN3CCOCC3)nn2C)c1OC. The summed E-state index contributed by atoms with van der Waals surface area (Å²) in [6.45, 7) is 4.78. The molecule has 6 rings (SSSR count). The third-order valence-corrected chi connectivity index (χ3v) is 8.59. The van der Waals surface area contributed by atoms with E-state index in [-0.39, 0.29) is 23.6 Å². The number of rotatable bonds is 10. The molecule has 2 aliphatic rings. The molecule has 0 saturated carbocycles. The number of aromatic nitrogens is 4. The lowest BCUT2D eigenvalue weighted by molar-refractivity contribution is 0.0336. The summed E-state index contributed by atoms with van der Waals surface area (Å²) in [5.74, 6) is 0.984. The maximum absolute atomic E-state index is 13.9. The van der Waals surface area contributed by atoms with Crippen molar-refractivity contribution in [1.82, 2.24) is 29.5 Å². The Morgan fingerprint density at radius 2 is 1.89 bits per heavy atom. The number of methoxy groups -OCH3 is 2. The molecular weight excluding hydrogens is 584 g/mol. The van der Waals surface area contributed by atoms with E-state index in [1.165, 1.54) is 18.2 Å². The van der Waals surface area contributed by atoms with Crippen LogP contribution < -0.4 is 20.9 Å². The number of ketones is 1. The van der Waals surface area contributed by atoms with E-state index in [2.05, 4.69) is 50.1 Å². The molecule has 0 radical (unpaired) electrons. The first-order valence-corrected chi connectivity index (χ1v) is 15.3. The number of carbonyl (C=O) groups excluding carboxylic acids is 1. The van der Waals surface area contributed by atoms with Gasteiger partial charge in [0.15, 0.2) is 17.3 Å². The average molecular weight is 625 g/mol. The van der Waals surface area contributed by atoms with E-state index in [9.17, 15) is 4.79 Å². The van der Waals surface area contributed by atoms with Gasteiger partial charge in [-0.05, 0) is 41.3 Å². The summed E-state index contributed by atoms with van der Waals surface area (Å²) in [6.07, 6.45) is 6.33. The summed E-state index contributed by atoms with van der Waals surface area (Å²) >= 11 is 0. The summed E-state index contributed by atoms with van der Waals surface area (Å²) in [5.41, 5.74) is 18.2. The van der Waals surface area contributed by atoms with Crippen LogP contribution in [0.3, 0.4) is 0 Å². The standard InChI is InChI=1S/C34H40N8O4/c1-40-28(19-25(39-40)21-41-12-14-46-15-13-41)31-26-7-5-4-6-23(26)8-10-42(31)11-9-29(43)27-17-22(18-30(44-2)32(27)45-3)16-24-20-37-34(36)38-33(24)35/h4-7,9,11,17-20,31H,8,10,12-16,21H2,1-3H3,(H4,35,36,37,38). The minimum absolute atomic E-state index is 0.104. The molecule has 4 aromatic rings. The Morgan fingerprint density at radius 3 is 2.65 bits per heavy atom. The molecule has 12 heteroatoms. The number of hydrogen-bond donors (Lipinski definition) is 2. The number of fused-ring (bicyclic) bond motifs is 1. The number of nitrogen functional groups attached to an aromatic ring is 2. The molecule has 4 N–H and O–H groups in total. The Labute approximate surface area is 268 Å². The molecule has 1 atom stereocenters. The van der Waals surface area contributed by atoms with Crippen molar-refractivity contribution in [3.63, 3.8) is 0 Å². The van der Waals surface area contributed by atoms with Gasteiger partial charge in [-0.3, -0.25) is 14.4 Å². The zero-order valence-corrected chi connectivity index (χ0v) is 26.5. The van der Waals surface area contributed by atoms with Gasteiger partial charge >= 0.3 is 0 Å². The van der Waals surface area contributed by atoms with Crippen LogP contribution in [0.15, 0.2) is 60.9 Å². The van der Waals surface area contributed by atoms with Crippen molar-refractivity contribution >= 4 is 17.5 Å². The molecule has 1 saturated heterocycles. The van der Waals surface area contributed by atoms with E-state index in [0.717, 1.165) is 62.8 Å². The number of benzene rings is 2. The highest BCUT2D eigenvalue weighted by Gasteiger charge is 2.30. The van der Waals surface area contributed by atoms with Gasteiger partial charge in [0.2, 0.25) is 5.95 Å². The molecule has 2 aromatic heterocycles. The van der Waals surface area contributed by atoms with Gasteiger partial charge in [-0.1, -0.05) is 24.3 Å². The first-order chi connectivity index (χ1) is 22.3. The molecule has 0 bridgehead atoms. The van der Waals surface area contributed by atoms with Crippen molar-refractivity contribution < 1.29 is 19.0 Å². The summed E-state index contributed by atoms with van der Waals surface area (Å²) in [6, 6.07) is 14.2. The van der Waals surface area contributed by atoms with E-state index < -0.39 is 0 Å². The maximum atomic E-state index is 13.9. The highest BCUT2D eigenvalue weighted by Crippen LogP contribution is 2.37. The Morgan fingerprint density at radius 1 is 1.09 bits per heavy atom. The third kappa shape index (κ3) is 6.53. The van der Waals surface area contributed by atoms with Crippen LogP contribution in [0.5, 0.6) is 11.5 Å². The summed E-state index contributed by atoms with van der Waals surface area (Å²) in [7, 11) is 5.06. The predicted molar refractivity (Wildman–Crippen MR) is 175 cm³/mol. The van der Waals surface area contributed by atoms with Crippen molar-refractivity contribution in [1.29, 1.82) is 0 Å². The van der Waals surface area contributed by atoms with Crippen LogP contribution in [0, 0.1) is 0 Å². The molecule has 2 aliphatic heterocycles. The summed E-state index contributed by atoms with van der Waals surface area (Å²) in [4.78, 5) is 26.6. The zero-order valence-electron chi connectivity index (χ0n) is 26.5. The normalized spacial score (nSPS) is 16.8. The fraction of sp³-hybridized carbons (Fsp3) is 0.353. The number of carbonyl (C=O) groups is 1. The van der Waals surface area contributed by atoms with Crippen LogP contribution >= 0.6 is 0 Å². The second-order valence-electron chi connectivity index (χ2n) is 11.5. The molecule has 12 nitrogen and oxygen atoms in total. The van der Waals surface area contributed by atoms with Gasteiger partial charge in [0.1, 0.15) is 5.82 Å².